The molecule has 0 saturated carbocycles. The van der Waals surface area contributed by atoms with Crippen molar-refractivity contribution in [2.75, 3.05) is 39.3 Å². The Morgan fingerprint density at radius 1 is 0.750 bits per heavy atom. The third-order valence-electron chi connectivity index (χ3n) is 1.12. The molecule has 0 spiro atoms. The SMILES string of the molecule is N.NCCNCCNCCN.[Cu+2]. The van der Waals surface area contributed by atoms with Gasteiger partial charge in [0, 0.05) is 39.3 Å². The van der Waals surface area contributed by atoms with Crippen molar-refractivity contribution >= 4 is 0 Å². The zero-order chi connectivity index (χ0) is 7.66. The van der Waals surface area contributed by atoms with Crippen LogP contribution in [0.25, 0.3) is 0 Å². The van der Waals surface area contributed by atoms with Gasteiger partial charge in [-0.3, -0.25) is 0 Å². The zero-order valence-corrected chi connectivity index (χ0v) is 8.35. The molecule has 1 radical (unpaired) electrons. The van der Waals surface area contributed by atoms with E-state index >= 15 is 0 Å². The molecule has 0 atom stereocenters. The molecule has 0 amide bonds. The molecule has 12 heavy (non-hydrogen) atoms. The van der Waals surface area contributed by atoms with Gasteiger partial charge in [-0.2, -0.15) is 0 Å². The predicted octanol–water partition coefficient (Wildman–Crippen LogP) is -1.76. The Morgan fingerprint density at radius 2 is 1.08 bits per heavy atom. The molecule has 0 saturated heterocycles. The van der Waals surface area contributed by atoms with E-state index in [0.717, 1.165) is 26.2 Å². The standard InChI is InChI=1S/C6H18N4.Cu.H3N/c7-1-3-9-5-6-10-4-2-8;;/h9-10H,1-8H2;;1H3/q;+2;. The van der Waals surface area contributed by atoms with Gasteiger partial charge in [-0.1, -0.05) is 0 Å². The van der Waals surface area contributed by atoms with Crippen LogP contribution >= 0.6 is 0 Å². The van der Waals surface area contributed by atoms with Crippen molar-refractivity contribution < 1.29 is 17.1 Å². The molecule has 0 rings (SSSR count). The summed E-state index contributed by atoms with van der Waals surface area (Å²) in [5.41, 5.74) is 10.5. The minimum atomic E-state index is 0. The fourth-order valence-electron chi connectivity index (χ4n) is 0.631. The Balaban J connectivity index is -0.000000405. The summed E-state index contributed by atoms with van der Waals surface area (Å²) in [5.74, 6) is 0. The van der Waals surface area contributed by atoms with Crippen LogP contribution in [0.1, 0.15) is 0 Å². The van der Waals surface area contributed by atoms with E-state index in [1.807, 2.05) is 0 Å². The number of rotatable bonds is 7. The van der Waals surface area contributed by atoms with Crippen LogP contribution < -0.4 is 28.3 Å². The molecular formula is C6H21CuN5+2. The Bertz CT molecular complexity index is 55.9. The second kappa shape index (κ2) is 17.4. The average molecular weight is 227 g/mol. The van der Waals surface area contributed by atoms with Crippen molar-refractivity contribution in [3.05, 3.63) is 0 Å². The zero-order valence-electron chi connectivity index (χ0n) is 7.41. The number of hydrogen-bond donors (Lipinski definition) is 5. The molecule has 0 heterocycles. The fourth-order valence-corrected chi connectivity index (χ4v) is 0.631. The van der Waals surface area contributed by atoms with Crippen molar-refractivity contribution in [1.82, 2.24) is 16.8 Å². The van der Waals surface area contributed by atoms with Gasteiger partial charge in [0.2, 0.25) is 0 Å². The molecule has 0 fully saturated rings. The van der Waals surface area contributed by atoms with Gasteiger partial charge in [0.05, 0.1) is 0 Å². The first kappa shape index (κ1) is 18.2. The van der Waals surface area contributed by atoms with Gasteiger partial charge in [-0.05, 0) is 0 Å². The van der Waals surface area contributed by atoms with Crippen molar-refractivity contribution in [3.63, 3.8) is 0 Å². The molecule has 9 N–H and O–H groups in total. The van der Waals surface area contributed by atoms with Gasteiger partial charge in [0.25, 0.3) is 0 Å². The predicted molar refractivity (Wildman–Crippen MR) is 48.9 cm³/mol. The van der Waals surface area contributed by atoms with Crippen LogP contribution in [0.15, 0.2) is 0 Å². The first-order valence-electron chi connectivity index (χ1n) is 3.73. The molecule has 0 aromatic heterocycles. The first-order valence-corrected chi connectivity index (χ1v) is 3.73. The average Bonchev–Trinajstić information content (AvgIpc) is 1.97. The monoisotopic (exact) mass is 226 g/mol. The first-order chi connectivity index (χ1) is 4.91. The summed E-state index contributed by atoms with van der Waals surface area (Å²) in [6.45, 7) is 5.14. The van der Waals surface area contributed by atoms with Crippen molar-refractivity contribution in [2.45, 2.75) is 0 Å². The Hall–Kier alpha value is 0.319. The maximum Gasteiger partial charge on any atom is 2.00 e. The van der Waals surface area contributed by atoms with E-state index in [9.17, 15) is 0 Å². The van der Waals surface area contributed by atoms with E-state index in [2.05, 4.69) is 10.6 Å². The molecule has 0 aromatic rings. The van der Waals surface area contributed by atoms with Crippen LogP contribution in [-0.4, -0.2) is 39.3 Å². The molecule has 0 aliphatic carbocycles. The Kier molecular flexibility index (Phi) is 26.4. The molecule has 0 aliphatic rings. The number of nitrogens with one attached hydrogen (secondary N) is 2. The summed E-state index contributed by atoms with van der Waals surface area (Å²) in [7, 11) is 0. The summed E-state index contributed by atoms with van der Waals surface area (Å²) in [5, 5.41) is 6.33. The van der Waals surface area contributed by atoms with Gasteiger partial charge in [-0.25, -0.2) is 0 Å². The molecule has 79 valence electrons. The van der Waals surface area contributed by atoms with Gasteiger partial charge < -0.3 is 28.3 Å². The fraction of sp³-hybridized carbons (Fsp3) is 1.00. The maximum absolute atomic E-state index is 5.27. The molecule has 0 bridgehead atoms. The van der Waals surface area contributed by atoms with Crippen LogP contribution in [0.2, 0.25) is 0 Å². The van der Waals surface area contributed by atoms with Gasteiger partial charge in [0.1, 0.15) is 0 Å². The number of hydrogen-bond acceptors (Lipinski definition) is 5. The van der Waals surface area contributed by atoms with Gasteiger partial charge in [-0.15, -0.1) is 0 Å². The van der Waals surface area contributed by atoms with E-state index in [1.54, 1.807) is 0 Å². The summed E-state index contributed by atoms with van der Waals surface area (Å²) >= 11 is 0. The minimum absolute atomic E-state index is 0. The molecule has 0 aromatic carbocycles. The van der Waals surface area contributed by atoms with E-state index < -0.39 is 0 Å². The van der Waals surface area contributed by atoms with E-state index in [0.29, 0.717) is 13.1 Å². The maximum atomic E-state index is 5.27. The Labute approximate surface area is 85.1 Å². The third-order valence-corrected chi connectivity index (χ3v) is 1.12. The van der Waals surface area contributed by atoms with Crippen molar-refractivity contribution in [3.8, 4) is 0 Å². The minimum Gasteiger partial charge on any atom is -0.344 e. The van der Waals surface area contributed by atoms with Gasteiger partial charge in [0.15, 0.2) is 0 Å². The molecule has 5 nitrogen and oxygen atoms in total. The molecule has 0 aliphatic heterocycles. The molecular weight excluding hydrogens is 206 g/mol. The van der Waals surface area contributed by atoms with Crippen molar-refractivity contribution in [1.29, 1.82) is 0 Å². The second-order valence-corrected chi connectivity index (χ2v) is 2.08. The van der Waals surface area contributed by atoms with E-state index in [4.69, 9.17) is 11.5 Å². The van der Waals surface area contributed by atoms with Crippen molar-refractivity contribution in [2.24, 2.45) is 11.5 Å². The summed E-state index contributed by atoms with van der Waals surface area (Å²) in [6.07, 6.45) is 0. The quantitative estimate of drug-likeness (QED) is 0.261. The molecule has 6 heteroatoms. The normalized spacial score (nSPS) is 8.50. The number of nitrogens with two attached hydrogens (primary N) is 2. The smallest absolute Gasteiger partial charge is 0.344 e. The van der Waals surface area contributed by atoms with E-state index in [1.165, 1.54) is 0 Å². The molecule has 0 unspecified atom stereocenters. The topological polar surface area (TPSA) is 111 Å². The van der Waals surface area contributed by atoms with Crippen LogP contribution in [0.4, 0.5) is 0 Å². The van der Waals surface area contributed by atoms with Crippen LogP contribution in [0.5, 0.6) is 0 Å². The van der Waals surface area contributed by atoms with Gasteiger partial charge >= 0.3 is 17.1 Å². The summed E-state index contributed by atoms with van der Waals surface area (Å²) in [6, 6.07) is 0. The van der Waals surface area contributed by atoms with Crippen LogP contribution in [0, 0.1) is 0 Å². The summed E-state index contributed by atoms with van der Waals surface area (Å²) in [4.78, 5) is 0. The largest absolute Gasteiger partial charge is 2.00 e. The van der Waals surface area contributed by atoms with Crippen LogP contribution in [0.3, 0.4) is 0 Å². The second-order valence-electron chi connectivity index (χ2n) is 2.08. The summed E-state index contributed by atoms with van der Waals surface area (Å²) < 4.78 is 0. The van der Waals surface area contributed by atoms with E-state index in [-0.39, 0.29) is 23.2 Å². The third kappa shape index (κ3) is 16.7. The van der Waals surface area contributed by atoms with Crippen LogP contribution in [-0.2, 0) is 17.1 Å². The Morgan fingerprint density at radius 3 is 1.33 bits per heavy atom.